The number of imidazole rings is 1. The fraction of sp³-hybridized carbons (Fsp3) is 0.282. The van der Waals surface area contributed by atoms with Gasteiger partial charge in [0.25, 0.3) is 5.56 Å². The van der Waals surface area contributed by atoms with Crippen LogP contribution >= 0.6 is 0 Å². The number of hydrogen-bond donors (Lipinski definition) is 0. The summed E-state index contributed by atoms with van der Waals surface area (Å²) in [5.74, 6) is 1.82. The Bertz CT molecular complexity index is 2070. The smallest absolute Gasteiger partial charge is 0.347 e. The molecule has 1 aliphatic carbocycles. The van der Waals surface area contributed by atoms with E-state index >= 15 is 0 Å². The number of aromatic nitrogens is 3. The summed E-state index contributed by atoms with van der Waals surface area (Å²) in [6, 6.07) is 21.9. The summed E-state index contributed by atoms with van der Waals surface area (Å²) in [7, 11) is 4.38. The standard InChI is InChI=1S/C39H39N3O8/c1-5-41-31-13-9-12-30-36(35(31)40-33(41)24-49-28-17-14-25(22-43)15-18-28)42(21-27-16-19-29(46-2)20-32(27)47-3)38(44)34(39(45)48-4)37(30)50-23-26-10-7-6-8-11-26/h6-8,10-11,14-20,22H,5,9,12-13,21,23-24H2,1-4H3. The Kier molecular flexibility index (Phi) is 10.3. The number of carbonyl (C=O) groups excluding carboxylic acids is 2. The third-order valence-corrected chi connectivity index (χ3v) is 8.87. The average Bonchev–Trinajstić information content (AvgIpc) is 3.40. The van der Waals surface area contributed by atoms with E-state index in [1.165, 1.54) is 7.11 Å². The Morgan fingerprint density at radius 2 is 1.64 bits per heavy atom. The van der Waals surface area contributed by atoms with E-state index in [-0.39, 0.29) is 31.1 Å². The third kappa shape index (κ3) is 6.71. The molecular formula is C39H39N3O8. The highest BCUT2D eigenvalue weighted by molar-refractivity contribution is 5.93. The maximum absolute atomic E-state index is 14.7. The van der Waals surface area contributed by atoms with Crippen LogP contribution in [0.4, 0.5) is 0 Å². The van der Waals surface area contributed by atoms with Gasteiger partial charge in [-0.1, -0.05) is 30.3 Å². The van der Waals surface area contributed by atoms with Gasteiger partial charge in [0.05, 0.1) is 33.6 Å². The summed E-state index contributed by atoms with van der Waals surface area (Å²) in [6.07, 6.45) is 2.70. The van der Waals surface area contributed by atoms with Gasteiger partial charge in [-0.25, -0.2) is 9.78 Å². The summed E-state index contributed by atoms with van der Waals surface area (Å²) in [4.78, 5) is 44.4. The van der Waals surface area contributed by atoms with Crippen LogP contribution in [-0.4, -0.2) is 47.7 Å². The second-order valence-corrected chi connectivity index (χ2v) is 11.8. The van der Waals surface area contributed by atoms with Gasteiger partial charge in [0.1, 0.15) is 54.0 Å². The number of ether oxygens (including phenoxy) is 5. The second kappa shape index (κ2) is 15.1. The van der Waals surface area contributed by atoms with E-state index in [2.05, 4.69) is 4.57 Å². The summed E-state index contributed by atoms with van der Waals surface area (Å²) in [5.41, 5.74) is 4.25. The maximum Gasteiger partial charge on any atom is 0.347 e. The van der Waals surface area contributed by atoms with E-state index in [0.717, 1.165) is 17.5 Å². The lowest BCUT2D eigenvalue weighted by molar-refractivity contribution is 0.0592. The Morgan fingerprint density at radius 1 is 0.880 bits per heavy atom. The van der Waals surface area contributed by atoms with Gasteiger partial charge in [-0.15, -0.1) is 0 Å². The predicted octanol–water partition coefficient (Wildman–Crippen LogP) is 6.04. The number of aldehydes is 1. The number of nitrogens with zero attached hydrogens (tertiary/aromatic N) is 3. The van der Waals surface area contributed by atoms with Crippen molar-refractivity contribution in [3.05, 3.63) is 122 Å². The highest BCUT2D eigenvalue weighted by Gasteiger charge is 2.33. The number of fused-ring (bicyclic) bond motifs is 3. The van der Waals surface area contributed by atoms with E-state index in [1.807, 2.05) is 43.3 Å². The molecule has 6 rings (SSSR count). The van der Waals surface area contributed by atoms with Crippen molar-refractivity contribution in [1.82, 2.24) is 14.1 Å². The molecule has 11 nitrogen and oxygen atoms in total. The van der Waals surface area contributed by atoms with Crippen molar-refractivity contribution in [3.8, 4) is 34.4 Å². The molecule has 0 saturated heterocycles. The Balaban J connectivity index is 1.55. The van der Waals surface area contributed by atoms with Crippen LogP contribution in [0.5, 0.6) is 23.0 Å². The van der Waals surface area contributed by atoms with Gasteiger partial charge in [-0.3, -0.25) is 9.59 Å². The van der Waals surface area contributed by atoms with Crippen molar-refractivity contribution in [1.29, 1.82) is 0 Å². The molecule has 0 fully saturated rings. The lowest BCUT2D eigenvalue weighted by atomic mass is 10.0. The van der Waals surface area contributed by atoms with Gasteiger partial charge < -0.3 is 32.8 Å². The maximum atomic E-state index is 14.7. The number of pyridine rings is 1. The molecule has 258 valence electrons. The number of hydrogen-bond acceptors (Lipinski definition) is 9. The van der Waals surface area contributed by atoms with Crippen LogP contribution in [-0.2, 0) is 43.9 Å². The molecule has 11 heteroatoms. The Hall–Kier alpha value is -5.84. The van der Waals surface area contributed by atoms with Crippen LogP contribution in [0, 0.1) is 0 Å². The first kappa shape index (κ1) is 34.0. The molecule has 0 spiro atoms. The van der Waals surface area contributed by atoms with Crippen molar-refractivity contribution in [2.24, 2.45) is 0 Å². The third-order valence-electron chi connectivity index (χ3n) is 8.87. The first-order chi connectivity index (χ1) is 24.4. The Labute approximate surface area is 290 Å². The number of carbonyl (C=O) groups is 2. The highest BCUT2D eigenvalue weighted by atomic mass is 16.5. The molecule has 0 unspecified atom stereocenters. The fourth-order valence-corrected chi connectivity index (χ4v) is 6.42. The van der Waals surface area contributed by atoms with Crippen LogP contribution in [0.25, 0.3) is 11.4 Å². The Morgan fingerprint density at radius 3 is 2.32 bits per heavy atom. The highest BCUT2D eigenvalue weighted by Crippen LogP contribution is 2.40. The molecule has 1 aliphatic rings. The summed E-state index contributed by atoms with van der Waals surface area (Å²) < 4.78 is 32.6. The van der Waals surface area contributed by atoms with Crippen molar-refractivity contribution in [2.75, 3.05) is 21.3 Å². The fourth-order valence-electron chi connectivity index (χ4n) is 6.42. The largest absolute Gasteiger partial charge is 0.497 e. The monoisotopic (exact) mass is 677 g/mol. The number of rotatable bonds is 13. The minimum absolute atomic E-state index is 0.0740. The lowest BCUT2D eigenvalue weighted by Crippen LogP contribution is -2.31. The molecule has 0 N–H and O–H groups in total. The van der Waals surface area contributed by atoms with Crippen LogP contribution in [0.15, 0.2) is 77.6 Å². The van der Waals surface area contributed by atoms with Crippen LogP contribution in [0.3, 0.4) is 0 Å². The van der Waals surface area contributed by atoms with Gasteiger partial charge in [0.15, 0.2) is 5.56 Å². The first-order valence-electron chi connectivity index (χ1n) is 16.4. The number of esters is 1. The molecule has 0 radical (unpaired) electrons. The van der Waals surface area contributed by atoms with Crippen molar-refractivity contribution in [3.63, 3.8) is 0 Å². The van der Waals surface area contributed by atoms with Gasteiger partial charge in [-0.2, -0.15) is 0 Å². The van der Waals surface area contributed by atoms with E-state index in [1.54, 1.807) is 55.2 Å². The van der Waals surface area contributed by atoms with Crippen molar-refractivity contribution >= 4 is 12.3 Å². The van der Waals surface area contributed by atoms with Gasteiger partial charge in [0, 0.05) is 35.0 Å². The molecule has 0 aliphatic heterocycles. The SMILES string of the molecule is CCn1c(COc2ccc(C=O)cc2)nc2c1CCCc1c(OCc3ccccc3)c(C(=O)OC)c(=O)n(Cc3ccc(OC)cc3OC)c1-2. The topological polar surface area (TPSA) is 120 Å². The van der Waals surface area contributed by atoms with Crippen LogP contribution in [0.2, 0.25) is 0 Å². The van der Waals surface area contributed by atoms with Crippen molar-refractivity contribution in [2.45, 2.75) is 52.5 Å². The van der Waals surface area contributed by atoms with Crippen LogP contribution in [0.1, 0.15) is 62.3 Å². The van der Waals surface area contributed by atoms with Gasteiger partial charge >= 0.3 is 5.97 Å². The molecule has 0 saturated carbocycles. The summed E-state index contributed by atoms with van der Waals surface area (Å²) in [5, 5.41) is 0. The molecule has 2 aromatic heterocycles. The lowest BCUT2D eigenvalue weighted by Gasteiger charge is -2.22. The first-order valence-corrected chi connectivity index (χ1v) is 16.4. The number of methoxy groups -OCH3 is 3. The average molecular weight is 678 g/mol. The molecule has 3 aromatic carbocycles. The van der Waals surface area contributed by atoms with Gasteiger partial charge in [0.2, 0.25) is 0 Å². The minimum Gasteiger partial charge on any atom is -0.497 e. The quantitative estimate of drug-likeness (QED) is 0.108. The summed E-state index contributed by atoms with van der Waals surface area (Å²) in [6.45, 7) is 3.04. The van der Waals surface area contributed by atoms with E-state index in [9.17, 15) is 14.4 Å². The van der Waals surface area contributed by atoms with Gasteiger partial charge in [-0.05, 0) is 68.1 Å². The molecule has 0 bridgehead atoms. The molecule has 50 heavy (non-hydrogen) atoms. The molecule has 0 amide bonds. The summed E-state index contributed by atoms with van der Waals surface area (Å²) >= 11 is 0. The van der Waals surface area contributed by atoms with Crippen LogP contribution < -0.4 is 24.5 Å². The molecular weight excluding hydrogens is 638 g/mol. The van der Waals surface area contributed by atoms with Crippen molar-refractivity contribution < 1.29 is 33.3 Å². The van der Waals surface area contributed by atoms with E-state index in [0.29, 0.717) is 77.0 Å². The second-order valence-electron chi connectivity index (χ2n) is 11.8. The zero-order valence-electron chi connectivity index (χ0n) is 28.6. The van der Waals surface area contributed by atoms with E-state index in [4.69, 9.17) is 28.7 Å². The zero-order chi connectivity index (χ0) is 35.2. The molecule has 0 atom stereocenters. The molecule has 5 aromatic rings. The predicted molar refractivity (Wildman–Crippen MR) is 187 cm³/mol. The number of benzene rings is 3. The normalized spacial score (nSPS) is 11.9. The zero-order valence-corrected chi connectivity index (χ0v) is 28.6. The molecule has 2 heterocycles. The van der Waals surface area contributed by atoms with E-state index < -0.39 is 11.5 Å². The minimum atomic E-state index is -0.783.